The Morgan fingerprint density at radius 3 is 2.67 bits per heavy atom. The highest BCUT2D eigenvalue weighted by atomic mass is 35.5. The molecule has 3 nitrogen and oxygen atoms in total. The molecule has 1 heterocycles. The third-order valence-electron chi connectivity index (χ3n) is 3.24. The van der Waals surface area contributed by atoms with Gasteiger partial charge in [-0.3, -0.25) is 0 Å². The Hall–Kier alpha value is -1.06. The van der Waals surface area contributed by atoms with Crippen LogP contribution in [-0.2, 0) is 0 Å². The summed E-state index contributed by atoms with van der Waals surface area (Å²) in [6.07, 6.45) is 0.948. The van der Waals surface area contributed by atoms with Crippen LogP contribution in [0.25, 0.3) is 11.0 Å². The van der Waals surface area contributed by atoms with Gasteiger partial charge in [-0.05, 0) is 45.0 Å². The van der Waals surface area contributed by atoms with Crippen molar-refractivity contribution in [3.05, 3.63) is 29.0 Å². The van der Waals surface area contributed by atoms with Crippen molar-refractivity contribution in [2.75, 3.05) is 6.54 Å². The average Bonchev–Trinajstić information content (AvgIpc) is 2.67. The number of nitrogens with two attached hydrogens (primary N) is 1. The van der Waals surface area contributed by atoms with Gasteiger partial charge in [0.2, 0.25) is 0 Å². The molecule has 1 aromatic heterocycles. The monoisotopic (exact) mass is 265 g/mol. The maximum absolute atomic E-state index is 6.08. The zero-order valence-electron chi connectivity index (χ0n) is 11.2. The second-order valence-electron chi connectivity index (χ2n) is 5.05. The Kier molecular flexibility index (Phi) is 3.93. The number of benzene rings is 1. The molecule has 0 bridgehead atoms. The van der Waals surface area contributed by atoms with Crippen LogP contribution in [0.4, 0.5) is 0 Å². The Balaban J connectivity index is 2.61. The van der Waals surface area contributed by atoms with Crippen LogP contribution in [0.15, 0.2) is 18.2 Å². The summed E-state index contributed by atoms with van der Waals surface area (Å²) in [6.45, 7) is 7.19. The lowest BCUT2D eigenvalue weighted by atomic mass is 10.1. The molecule has 0 spiro atoms. The molecule has 2 rings (SSSR count). The number of hydrogen-bond donors (Lipinski definition) is 1. The largest absolute Gasteiger partial charge is 0.330 e. The molecule has 0 radical (unpaired) electrons. The molecular formula is C14H20ClN3. The van der Waals surface area contributed by atoms with Crippen LogP contribution in [0, 0.1) is 0 Å². The predicted octanol–water partition coefficient (Wildman–Crippen LogP) is 3.72. The van der Waals surface area contributed by atoms with Crippen molar-refractivity contribution in [3.8, 4) is 0 Å². The van der Waals surface area contributed by atoms with Gasteiger partial charge in [0.1, 0.15) is 5.82 Å². The van der Waals surface area contributed by atoms with E-state index in [1.165, 1.54) is 0 Å². The van der Waals surface area contributed by atoms with Crippen molar-refractivity contribution in [3.63, 3.8) is 0 Å². The molecule has 2 aromatic rings. The van der Waals surface area contributed by atoms with E-state index < -0.39 is 0 Å². The van der Waals surface area contributed by atoms with Gasteiger partial charge in [0.25, 0.3) is 0 Å². The zero-order chi connectivity index (χ0) is 13.3. The number of halogens is 1. The lowest BCUT2D eigenvalue weighted by molar-refractivity contribution is 0.538. The average molecular weight is 266 g/mol. The minimum atomic E-state index is 0.364. The highest BCUT2D eigenvalue weighted by Gasteiger charge is 2.18. The standard InChI is InChI=1S/C14H20ClN3/c1-9(2)18-13-8-11(15)4-5-12(13)17-14(18)10(3)6-7-16/h4-5,8-10H,6-7,16H2,1-3H3. The topological polar surface area (TPSA) is 43.8 Å². The van der Waals surface area contributed by atoms with Crippen LogP contribution in [0.2, 0.25) is 5.02 Å². The van der Waals surface area contributed by atoms with Gasteiger partial charge in [0.15, 0.2) is 0 Å². The Morgan fingerprint density at radius 2 is 2.06 bits per heavy atom. The number of rotatable bonds is 4. The predicted molar refractivity (Wildman–Crippen MR) is 77.2 cm³/mol. The van der Waals surface area contributed by atoms with Gasteiger partial charge >= 0.3 is 0 Å². The molecule has 98 valence electrons. The van der Waals surface area contributed by atoms with Crippen molar-refractivity contribution < 1.29 is 0 Å². The molecule has 2 N–H and O–H groups in total. The summed E-state index contributed by atoms with van der Waals surface area (Å²) in [6, 6.07) is 6.22. The van der Waals surface area contributed by atoms with E-state index in [9.17, 15) is 0 Å². The summed E-state index contributed by atoms with van der Waals surface area (Å²) >= 11 is 6.08. The van der Waals surface area contributed by atoms with Crippen LogP contribution >= 0.6 is 11.6 Å². The lowest BCUT2D eigenvalue weighted by Gasteiger charge is -2.17. The van der Waals surface area contributed by atoms with Crippen LogP contribution in [0.5, 0.6) is 0 Å². The van der Waals surface area contributed by atoms with Crippen molar-refractivity contribution in [2.24, 2.45) is 5.73 Å². The van der Waals surface area contributed by atoms with E-state index in [-0.39, 0.29) is 0 Å². The molecule has 18 heavy (non-hydrogen) atoms. The fourth-order valence-electron chi connectivity index (χ4n) is 2.35. The Morgan fingerprint density at radius 1 is 1.33 bits per heavy atom. The summed E-state index contributed by atoms with van der Waals surface area (Å²) < 4.78 is 2.27. The van der Waals surface area contributed by atoms with Crippen molar-refractivity contribution >= 4 is 22.6 Å². The third-order valence-corrected chi connectivity index (χ3v) is 3.47. The maximum Gasteiger partial charge on any atom is 0.113 e. The summed E-state index contributed by atoms with van der Waals surface area (Å²) in [5.41, 5.74) is 7.77. The van der Waals surface area contributed by atoms with Crippen LogP contribution in [0.1, 0.15) is 45.0 Å². The highest BCUT2D eigenvalue weighted by Crippen LogP contribution is 2.28. The summed E-state index contributed by atoms with van der Waals surface area (Å²) in [7, 11) is 0. The second-order valence-corrected chi connectivity index (χ2v) is 5.48. The summed E-state index contributed by atoms with van der Waals surface area (Å²) in [5.74, 6) is 1.47. The van der Waals surface area contributed by atoms with Crippen LogP contribution in [0.3, 0.4) is 0 Å². The zero-order valence-corrected chi connectivity index (χ0v) is 11.9. The molecule has 0 aliphatic carbocycles. The van der Waals surface area contributed by atoms with Crippen LogP contribution < -0.4 is 5.73 Å². The normalized spacial score (nSPS) is 13.4. The van der Waals surface area contributed by atoms with Gasteiger partial charge in [-0.25, -0.2) is 4.98 Å². The first-order chi connectivity index (χ1) is 8.54. The number of nitrogens with zero attached hydrogens (tertiary/aromatic N) is 2. The Bertz CT molecular complexity index is 545. The molecule has 1 aromatic carbocycles. The molecule has 0 saturated heterocycles. The smallest absolute Gasteiger partial charge is 0.113 e. The SMILES string of the molecule is CC(CCN)c1nc2ccc(Cl)cc2n1C(C)C. The molecular weight excluding hydrogens is 246 g/mol. The molecule has 0 amide bonds. The first kappa shape index (κ1) is 13.4. The van der Waals surface area contributed by atoms with Gasteiger partial charge in [0, 0.05) is 17.0 Å². The first-order valence-electron chi connectivity index (χ1n) is 6.42. The maximum atomic E-state index is 6.08. The number of hydrogen-bond acceptors (Lipinski definition) is 2. The molecule has 0 aliphatic rings. The summed E-state index contributed by atoms with van der Waals surface area (Å²) in [5, 5.41) is 0.752. The van der Waals surface area contributed by atoms with Gasteiger partial charge in [-0.15, -0.1) is 0 Å². The quantitative estimate of drug-likeness (QED) is 0.916. The van der Waals surface area contributed by atoms with Crippen molar-refractivity contribution in [1.82, 2.24) is 9.55 Å². The molecule has 1 unspecified atom stereocenters. The number of imidazole rings is 1. The van der Waals surface area contributed by atoms with E-state index >= 15 is 0 Å². The van der Waals surface area contributed by atoms with Crippen LogP contribution in [-0.4, -0.2) is 16.1 Å². The Labute approximate surface area is 113 Å². The van der Waals surface area contributed by atoms with Gasteiger partial charge in [0.05, 0.1) is 11.0 Å². The van der Waals surface area contributed by atoms with Gasteiger partial charge < -0.3 is 10.3 Å². The first-order valence-corrected chi connectivity index (χ1v) is 6.79. The lowest BCUT2D eigenvalue weighted by Crippen LogP contribution is -2.12. The fraction of sp³-hybridized carbons (Fsp3) is 0.500. The van der Waals surface area contributed by atoms with E-state index in [4.69, 9.17) is 22.3 Å². The van der Waals surface area contributed by atoms with E-state index in [2.05, 4.69) is 25.3 Å². The molecule has 0 saturated carbocycles. The van der Waals surface area contributed by atoms with Gasteiger partial charge in [-0.2, -0.15) is 0 Å². The second kappa shape index (κ2) is 5.29. The molecule has 1 atom stereocenters. The minimum absolute atomic E-state index is 0.364. The highest BCUT2D eigenvalue weighted by molar-refractivity contribution is 6.31. The van der Waals surface area contributed by atoms with Crippen molar-refractivity contribution in [2.45, 2.75) is 39.2 Å². The summed E-state index contributed by atoms with van der Waals surface area (Å²) in [4.78, 5) is 4.74. The molecule has 4 heteroatoms. The number of fused-ring (bicyclic) bond motifs is 1. The van der Waals surface area contributed by atoms with Crippen molar-refractivity contribution in [1.29, 1.82) is 0 Å². The van der Waals surface area contributed by atoms with E-state index in [1.807, 2.05) is 18.2 Å². The fourth-order valence-corrected chi connectivity index (χ4v) is 2.52. The van der Waals surface area contributed by atoms with Gasteiger partial charge in [-0.1, -0.05) is 18.5 Å². The minimum Gasteiger partial charge on any atom is -0.330 e. The van der Waals surface area contributed by atoms with E-state index in [1.54, 1.807) is 0 Å². The number of aromatic nitrogens is 2. The molecule has 0 aliphatic heterocycles. The molecule has 0 fully saturated rings. The van der Waals surface area contributed by atoms with E-state index in [0.29, 0.717) is 18.5 Å². The third kappa shape index (κ3) is 2.38. The van der Waals surface area contributed by atoms with E-state index in [0.717, 1.165) is 28.3 Å².